The molecule has 0 spiro atoms. The summed E-state index contributed by atoms with van der Waals surface area (Å²) in [6.45, 7) is 1.35. The quantitative estimate of drug-likeness (QED) is 0.638. The topological polar surface area (TPSA) is 77.7 Å². The van der Waals surface area contributed by atoms with Gasteiger partial charge >= 0.3 is 0 Å². The number of carbonyl (C=O) groups excluding carboxylic acids is 1. The molecule has 1 amide bonds. The van der Waals surface area contributed by atoms with Gasteiger partial charge in [-0.1, -0.05) is 35.5 Å². The van der Waals surface area contributed by atoms with E-state index >= 15 is 0 Å². The molecule has 0 unspecified atom stereocenters. The molecular weight excluding hydrogens is 370 g/mol. The predicted molar refractivity (Wildman–Crippen MR) is 107 cm³/mol. The van der Waals surface area contributed by atoms with Crippen LogP contribution in [0.2, 0.25) is 0 Å². The second-order valence-electron chi connectivity index (χ2n) is 6.94. The summed E-state index contributed by atoms with van der Waals surface area (Å²) < 4.78 is 16.3. The Balaban J connectivity index is 1.31. The largest absolute Gasteiger partial charge is 0.497 e. The molecule has 3 aromatic rings. The average molecular weight is 393 g/mol. The molecule has 150 valence electrons. The standard InChI is InChI=1S/C22H23N3O4/c1-27-19-9-5-6-17(14-19)21-23-22(29-24-21)16-10-12-25(13-11-16)20(26)15-28-18-7-3-2-4-8-18/h2-9,14,16H,10-13,15H2,1H3. The minimum absolute atomic E-state index is 0.00472. The Morgan fingerprint density at radius 1 is 1.10 bits per heavy atom. The van der Waals surface area contributed by atoms with Crippen LogP contribution in [0, 0.1) is 0 Å². The Labute approximate surface area is 169 Å². The number of hydrogen-bond acceptors (Lipinski definition) is 6. The highest BCUT2D eigenvalue weighted by Crippen LogP contribution is 2.29. The van der Waals surface area contributed by atoms with Crippen molar-refractivity contribution >= 4 is 5.91 Å². The maximum absolute atomic E-state index is 12.4. The number of methoxy groups -OCH3 is 1. The number of benzene rings is 2. The van der Waals surface area contributed by atoms with Crippen LogP contribution in [-0.4, -0.2) is 47.8 Å². The lowest BCUT2D eigenvalue weighted by Gasteiger charge is -2.30. The number of para-hydroxylation sites is 1. The number of amides is 1. The van der Waals surface area contributed by atoms with Gasteiger partial charge in [0.2, 0.25) is 11.7 Å². The minimum Gasteiger partial charge on any atom is -0.497 e. The van der Waals surface area contributed by atoms with E-state index in [-0.39, 0.29) is 18.4 Å². The van der Waals surface area contributed by atoms with Crippen LogP contribution >= 0.6 is 0 Å². The molecule has 1 aliphatic rings. The number of likely N-dealkylation sites (tertiary alicyclic amines) is 1. The van der Waals surface area contributed by atoms with Gasteiger partial charge in [0.1, 0.15) is 11.5 Å². The van der Waals surface area contributed by atoms with E-state index in [0.717, 1.165) is 24.2 Å². The smallest absolute Gasteiger partial charge is 0.260 e. The van der Waals surface area contributed by atoms with Crippen molar-refractivity contribution < 1.29 is 18.8 Å². The first-order chi connectivity index (χ1) is 14.2. The Hall–Kier alpha value is -3.35. The lowest BCUT2D eigenvalue weighted by Crippen LogP contribution is -2.40. The fourth-order valence-electron chi connectivity index (χ4n) is 3.41. The summed E-state index contributed by atoms with van der Waals surface area (Å²) >= 11 is 0. The van der Waals surface area contributed by atoms with Gasteiger partial charge in [0.25, 0.3) is 5.91 Å². The summed E-state index contributed by atoms with van der Waals surface area (Å²) in [6, 6.07) is 16.9. The summed E-state index contributed by atoms with van der Waals surface area (Å²) in [4.78, 5) is 18.8. The van der Waals surface area contributed by atoms with Crippen LogP contribution in [0.25, 0.3) is 11.4 Å². The lowest BCUT2D eigenvalue weighted by atomic mass is 9.97. The van der Waals surface area contributed by atoms with E-state index in [1.807, 2.05) is 59.5 Å². The zero-order valence-electron chi connectivity index (χ0n) is 16.3. The molecule has 4 rings (SSSR count). The summed E-state index contributed by atoms with van der Waals surface area (Å²) in [6.07, 6.45) is 1.58. The molecule has 1 fully saturated rings. The van der Waals surface area contributed by atoms with Gasteiger partial charge in [-0.2, -0.15) is 4.98 Å². The summed E-state index contributed by atoms with van der Waals surface area (Å²) in [5.41, 5.74) is 0.852. The molecule has 0 bridgehead atoms. The van der Waals surface area contributed by atoms with Gasteiger partial charge < -0.3 is 18.9 Å². The van der Waals surface area contributed by atoms with Crippen LogP contribution < -0.4 is 9.47 Å². The second kappa shape index (κ2) is 8.77. The number of carbonyl (C=O) groups is 1. The van der Waals surface area contributed by atoms with E-state index in [4.69, 9.17) is 14.0 Å². The normalized spacial score (nSPS) is 14.6. The number of nitrogens with zero attached hydrogens (tertiary/aromatic N) is 3. The van der Waals surface area contributed by atoms with Crippen molar-refractivity contribution in [1.29, 1.82) is 0 Å². The SMILES string of the molecule is COc1cccc(-c2noc(C3CCN(C(=O)COc4ccccc4)CC3)n2)c1. The number of hydrogen-bond donors (Lipinski definition) is 0. The molecule has 7 nitrogen and oxygen atoms in total. The molecule has 0 N–H and O–H groups in total. The molecule has 1 saturated heterocycles. The average Bonchev–Trinajstić information content (AvgIpc) is 3.29. The highest BCUT2D eigenvalue weighted by molar-refractivity contribution is 5.77. The van der Waals surface area contributed by atoms with Gasteiger partial charge in [-0.15, -0.1) is 0 Å². The van der Waals surface area contributed by atoms with Gasteiger partial charge in [-0.3, -0.25) is 4.79 Å². The van der Waals surface area contributed by atoms with Crippen LogP contribution in [0.5, 0.6) is 11.5 Å². The van der Waals surface area contributed by atoms with Gasteiger partial charge in [0.05, 0.1) is 7.11 Å². The van der Waals surface area contributed by atoms with E-state index in [0.29, 0.717) is 30.6 Å². The fourth-order valence-corrected chi connectivity index (χ4v) is 3.41. The zero-order chi connectivity index (χ0) is 20.1. The Morgan fingerprint density at radius 2 is 1.86 bits per heavy atom. The minimum atomic E-state index is -0.00472. The van der Waals surface area contributed by atoms with E-state index < -0.39 is 0 Å². The second-order valence-corrected chi connectivity index (χ2v) is 6.94. The van der Waals surface area contributed by atoms with Crippen molar-refractivity contribution in [1.82, 2.24) is 15.0 Å². The van der Waals surface area contributed by atoms with Crippen LogP contribution in [0.1, 0.15) is 24.7 Å². The molecule has 2 heterocycles. The maximum atomic E-state index is 12.4. The van der Waals surface area contributed by atoms with Crippen molar-refractivity contribution in [3.8, 4) is 22.9 Å². The summed E-state index contributed by atoms with van der Waals surface area (Å²) in [7, 11) is 1.63. The molecule has 0 radical (unpaired) electrons. The predicted octanol–water partition coefficient (Wildman–Crippen LogP) is 3.53. The highest BCUT2D eigenvalue weighted by Gasteiger charge is 2.27. The van der Waals surface area contributed by atoms with Gasteiger partial charge in [0.15, 0.2) is 6.61 Å². The molecule has 0 aliphatic carbocycles. The van der Waals surface area contributed by atoms with Crippen LogP contribution in [0.3, 0.4) is 0 Å². The number of aromatic nitrogens is 2. The monoisotopic (exact) mass is 393 g/mol. The molecule has 29 heavy (non-hydrogen) atoms. The fraction of sp³-hybridized carbons (Fsp3) is 0.318. The van der Waals surface area contributed by atoms with E-state index in [2.05, 4.69) is 10.1 Å². The van der Waals surface area contributed by atoms with Crippen molar-refractivity contribution in [3.63, 3.8) is 0 Å². The molecule has 2 aromatic carbocycles. The zero-order valence-corrected chi connectivity index (χ0v) is 16.3. The Kier molecular flexibility index (Phi) is 5.74. The first-order valence-electron chi connectivity index (χ1n) is 9.66. The van der Waals surface area contributed by atoms with Crippen LogP contribution in [-0.2, 0) is 4.79 Å². The van der Waals surface area contributed by atoms with Gasteiger partial charge in [0, 0.05) is 24.6 Å². The molecule has 1 aliphatic heterocycles. The van der Waals surface area contributed by atoms with Crippen LogP contribution in [0.4, 0.5) is 0 Å². The molecule has 0 saturated carbocycles. The third kappa shape index (κ3) is 4.56. The molecule has 7 heteroatoms. The van der Waals surface area contributed by atoms with Crippen molar-refractivity contribution in [2.24, 2.45) is 0 Å². The number of rotatable bonds is 6. The summed E-state index contributed by atoms with van der Waals surface area (Å²) in [5, 5.41) is 4.11. The van der Waals surface area contributed by atoms with Crippen LogP contribution in [0.15, 0.2) is 59.1 Å². The Morgan fingerprint density at radius 3 is 2.62 bits per heavy atom. The Bertz CT molecular complexity index is 949. The van der Waals surface area contributed by atoms with Crippen molar-refractivity contribution in [3.05, 3.63) is 60.5 Å². The highest BCUT2D eigenvalue weighted by atomic mass is 16.5. The lowest BCUT2D eigenvalue weighted by molar-refractivity contribution is -0.134. The van der Waals surface area contributed by atoms with Crippen molar-refractivity contribution in [2.75, 3.05) is 26.8 Å². The molecule has 0 atom stereocenters. The first kappa shape index (κ1) is 19.0. The van der Waals surface area contributed by atoms with E-state index in [9.17, 15) is 4.79 Å². The third-order valence-corrected chi connectivity index (χ3v) is 5.07. The maximum Gasteiger partial charge on any atom is 0.260 e. The van der Waals surface area contributed by atoms with E-state index in [1.54, 1.807) is 7.11 Å². The first-order valence-corrected chi connectivity index (χ1v) is 9.66. The van der Waals surface area contributed by atoms with Gasteiger partial charge in [-0.05, 0) is 37.1 Å². The summed E-state index contributed by atoms with van der Waals surface area (Å²) in [5.74, 6) is 2.77. The number of ether oxygens (including phenoxy) is 2. The van der Waals surface area contributed by atoms with Crippen molar-refractivity contribution in [2.45, 2.75) is 18.8 Å². The molecule has 1 aromatic heterocycles. The van der Waals surface area contributed by atoms with Gasteiger partial charge in [-0.25, -0.2) is 0 Å². The van der Waals surface area contributed by atoms with E-state index in [1.165, 1.54) is 0 Å². The number of piperidine rings is 1. The molecular formula is C22H23N3O4. The third-order valence-electron chi connectivity index (χ3n) is 5.07.